The molecule has 2 heterocycles. The standard InChI is InChI=1S/C16H17NO3S/c1-16(19,11-6-7-21-9-11)10-17-15(18)13-8-20-14-5-3-2-4-12(13)14/h2-7,9,13,19H,8,10H2,1H3,(H,17,18)/t13-,16+/m1/s1. The number of rotatable bonds is 4. The summed E-state index contributed by atoms with van der Waals surface area (Å²) in [4.78, 5) is 12.3. The Hall–Kier alpha value is -1.85. The van der Waals surface area contributed by atoms with E-state index >= 15 is 0 Å². The molecular formula is C16H17NO3S. The van der Waals surface area contributed by atoms with Crippen molar-refractivity contribution >= 4 is 17.2 Å². The van der Waals surface area contributed by atoms with Crippen LogP contribution in [0, 0.1) is 0 Å². The molecule has 21 heavy (non-hydrogen) atoms. The molecule has 1 amide bonds. The predicted octanol–water partition coefficient (Wildman–Crippen LogP) is 2.25. The zero-order valence-electron chi connectivity index (χ0n) is 11.7. The normalized spacial score (nSPS) is 19.4. The summed E-state index contributed by atoms with van der Waals surface area (Å²) in [6, 6.07) is 9.42. The summed E-state index contributed by atoms with van der Waals surface area (Å²) in [6.07, 6.45) is 0. The first kappa shape index (κ1) is 14.1. The van der Waals surface area contributed by atoms with E-state index in [-0.39, 0.29) is 18.4 Å². The Bertz CT molecular complexity index is 637. The zero-order valence-corrected chi connectivity index (χ0v) is 12.5. The molecule has 0 unspecified atom stereocenters. The van der Waals surface area contributed by atoms with Crippen LogP contribution in [-0.4, -0.2) is 24.2 Å². The van der Waals surface area contributed by atoms with Gasteiger partial charge in [0.15, 0.2) is 0 Å². The second-order valence-corrected chi connectivity index (χ2v) is 6.19. The van der Waals surface area contributed by atoms with E-state index < -0.39 is 5.60 Å². The van der Waals surface area contributed by atoms with Gasteiger partial charge in [-0.2, -0.15) is 11.3 Å². The minimum atomic E-state index is -1.06. The molecule has 3 rings (SSSR count). The Morgan fingerprint density at radius 1 is 1.48 bits per heavy atom. The number of benzene rings is 1. The van der Waals surface area contributed by atoms with E-state index in [4.69, 9.17) is 4.74 Å². The Morgan fingerprint density at radius 2 is 2.29 bits per heavy atom. The van der Waals surface area contributed by atoms with E-state index in [1.54, 1.807) is 6.92 Å². The lowest BCUT2D eigenvalue weighted by atomic mass is 9.97. The van der Waals surface area contributed by atoms with Crippen LogP contribution >= 0.6 is 11.3 Å². The van der Waals surface area contributed by atoms with Gasteiger partial charge in [0.05, 0.1) is 6.54 Å². The van der Waals surface area contributed by atoms with E-state index in [0.717, 1.165) is 16.9 Å². The first-order valence-electron chi connectivity index (χ1n) is 6.82. The SMILES string of the molecule is C[C@](O)(CNC(=O)[C@@H]1COc2ccccc21)c1ccsc1. The second-order valence-electron chi connectivity index (χ2n) is 5.41. The molecule has 1 aromatic carbocycles. The quantitative estimate of drug-likeness (QED) is 0.911. The van der Waals surface area contributed by atoms with E-state index in [9.17, 15) is 9.90 Å². The van der Waals surface area contributed by atoms with E-state index in [0.29, 0.717) is 6.61 Å². The van der Waals surface area contributed by atoms with Gasteiger partial charge in [-0.1, -0.05) is 18.2 Å². The van der Waals surface area contributed by atoms with Crippen LogP contribution in [0.15, 0.2) is 41.1 Å². The summed E-state index contributed by atoms with van der Waals surface area (Å²) in [5, 5.41) is 17.1. The molecular weight excluding hydrogens is 286 g/mol. The summed E-state index contributed by atoms with van der Waals surface area (Å²) < 4.78 is 5.51. The summed E-state index contributed by atoms with van der Waals surface area (Å²) in [5.74, 6) is 0.345. The van der Waals surface area contributed by atoms with Gasteiger partial charge in [-0.25, -0.2) is 0 Å². The van der Waals surface area contributed by atoms with Crippen molar-refractivity contribution in [1.82, 2.24) is 5.32 Å². The van der Waals surface area contributed by atoms with Crippen LogP contribution in [0.2, 0.25) is 0 Å². The highest BCUT2D eigenvalue weighted by Gasteiger charge is 2.32. The highest BCUT2D eigenvalue weighted by atomic mass is 32.1. The molecule has 0 fully saturated rings. The van der Waals surface area contributed by atoms with Crippen molar-refractivity contribution in [3.05, 3.63) is 52.2 Å². The maximum Gasteiger partial charge on any atom is 0.231 e. The van der Waals surface area contributed by atoms with Crippen LogP contribution < -0.4 is 10.1 Å². The van der Waals surface area contributed by atoms with Crippen LogP contribution in [0.1, 0.15) is 24.0 Å². The van der Waals surface area contributed by atoms with Crippen molar-refractivity contribution in [2.45, 2.75) is 18.4 Å². The maximum atomic E-state index is 12.3. The van der Waals surface area contributed by atoms with Gasteiger partial charge >= 0.3 is 0 Å². The number of hydrogen-bond donors (Lipinski definition) is 2. The third-order valence-electron chi connectivity index (χ3n) is 3.77. The van der Waals surface area contributed by atoms with Gasteiger partial charge in [0, 0.05) is 5.56 Å². The summed E-state index contributed by atoms with van der Waals surface area (Å²) >= 11 is 1.52. The number of ether oxygens (including phenoxy) is 1. The Morgan fingerprint density at radius 3 is 3.05 bits per heavy atom. The Kier molecular flexibility index (Phi) is 3.69. The molecule has 0 bridgehead atoms. The van der Waals surface area contributed by atoms with Gasteiger partial charge in [0.2, 0.25) is 5.91 Å². The largest absolute Gasteiger partial charge is 0.492 e. The molecule has 0 radical (unpaired) electrons. The van der Waals surface area contributed by atoms with Gasteiger partial charge in [-0.05, 0) is 35.4 Å². The number of carbonyl (C=O) groups excluding carboxylic acids is 1. The summed E-state index contributed by atoms with van der Waals surface area (Å²) in [7, 11) is 0. The molecule has 2 N–H and O–H groups in total. The van der Waals surface area contributed by atoms with Crippen LogP contribution in [0.25, 0.3) is 0 Å². The molecule has 2 aromatic rings. The Balaban J connectivity index is 1.66. The lowest BCUT2D eigenvalue weighted by Crippen LogP contribution is -2.40. The van der Waals surface area contributed by atoms with E-state index in [1.807, 2.05) is 41.1 Å². The predicted molar refractivity (Wildman–Crippen MR) is 81.6 cm³/mol. The third-order valence-corrected chi connectivity index (χ3v) is 4.45. The third kappa shape index (κ3) is 2.80. The Labute approximate surface area is 127 Å². The minimum Gasteiger partial charge on any atom is -0.492 e. The molecule has 0 spiro atoms. The topological polar surface area (TPSA) is 58.6 Å². The fourth-order valence-corrected chi connectivity index (χ4v) is 3.22. The fraction of sp³-hybridized carbons (Fsp3) is 0.312. The van der Waals surface area contributed by atoms with Gasteiger partial charge in [0.25, 0.3) is 0 Å². The summed E-state index contributed by atoms with van der Waals surface area (Å²) in [6.45, 7) is 2.24. The number of carbonyl (C=O) groups is 1. The van der Waals surface area contributed by atoms with Gasteiger partial charge in [-0.3, -0.25) is 4.79 Å². The highest BCUT2D eigenvalue weighted by Crippen LogP contribution is 2.33. The number of para-hydroxylation sites is 1. The second kappa shape index (κ2) is 5.50. The lowest BCUT2D eigenvalue weighted by molar-refractivity contribution is -0.124. The van der Waals surface area contributed by atoms with Gasteiger partial charge < -0.3 is 15.2 Å². The minimum absolute atomic E-state index is 0.115. The molecule has 0 saturated carbocycles. The molecule has 1 aliphatic rings. The summed E-state index contributed by atoms with van der Waals surface area (Å²) in [5.41, 5.74) is 0.662. The average Bonchev–Trinajstić information content (AvgIpc) is 3.14. The van der Waals surface area contributed by atoms with Crippen LogP contribution in [0.5, 0.6) is 5.75 Å². The van der Waals surface area contributed by atoms with Crippen molar-refractivity contribution in [1.29, 1.82) is 0 Å². The van der Waals surface area contributed by atoms with Crippen molar-refractivity contribution in [2.24, 2.45) is 0 Å². The number of aliphatic hydroxyl groups is 1. The van der Waals surface area contributed by atoms with Crippen LogP contribution in [0.3, 0.4) is 0 Å². The van der Waals surface area contributed by atoms with Crippen molar-refractivity contribution in [3.63, 3.8) is 0 Å². The molecule has 0 saturated heterocycles. The number of nitrogens with one attached hydrogen (secondary N) is 1. The number of amides is 1. The first-order valence-corrected chi connectivity index (χ1v) is 7.77. The van der Waals surface area contributed by atoms with Crippen LogP contribution in [0.4, 0.5) is 0 Å². The van der Waals surface area contributed by atoms with Crippen LogP contribution in [-0.2, 0) is 10.4 Å². The molecule has 5 heteroatoms. The molecule has 4 nitrogen and oxygen atoms in total. The lowest BCUT2D eigenvalue weighted by Gasteiger charge is -2.23. The van der Waals surface area contributed by atoms with Crippen molar-refractivity contribution in [2.75, 3.05) is 13.2 Å². The smallest absolute Gasteiger partial charge is 0.231 e. The first-order chi connectivity index (χ1) is 10.1. The van der Waals surface area contributed by atoms with Gasteiger partial charge in [-0.15, -0.1) is 0 Å². The number of hydrogen-bond acceptors (Lipinski definition) is 4. The average molecular weight is 303 g/mol. The van der Waals surface area contributed by atoms with Gasteiger partial charge in [0.1, 0.15) is 23.9 Å². The fourth-order valence-electron chi connectivity index (χ4n) is 2.44. The van der Waals surface area contributed by atoms with Crippen molar-refractivity contribution in [3.8, 4) is 5.75 Å². The molecule has 1 aliphatic heterocycles. The van der Waals surface area contributed by atoms with E-state index in [1.165, 1.54) is 11.3 Å². The van der Waals surface area contributed by atoms with E-state index in [2.05, 4.69) is 5.32 Å². The highest BCUT2D eigenvalue weighted by molar-refractivity contribution is 7.08. The monoisotopic (exact) mass is 303 g/mol. The van der Waals surface area contributed by atoms with Crippen molar-refractivity contribution < 1.29 is 14.6 Å². The molecule has 2 atom stereocenters. The zero-order chi connectivity index (χ0) is 14.9. The maximum absolute atomic E-state index is 12.3. The number of fused-ring (bicyclic) bond motifs is 1. The molecule has 0 aliphatic carbocycles. The molecule has 1 aromatic heterocycles. The molecule has 110 valence electrons. The number of thiophene rings is 1.